The van der Waals surface area contributed by atoms with Crippen molar-refractivity contribution in [2.45, 2.75) is 6.61 Å². The number of aromatic nitrogens is 3. The van der Waals surface area contributed by atoms with Gasteiger partial charge in [-0.05, 0) is 55.1 Å². The van der Waals surface area contributed by atoms with Gasteiger partial charge >= 0.3 is 0 Å². The van der Waals surface area contributed by atoms with E-state index in [2.05, 4.69) is 62.2 Å². The molecule has 0 atom stereocenters. The van der Waals surface area contributed by atoms with Gasteiger partial charge in [-0.3, -0.25) is 0 Å². The summed E-state index contributed by atoms with van der Waals surface area (Å²) < 4.78 is 18.6. The fraction of sp³-hybridized carbons (Fsp3) is 0.360. The van der Waals surface area contributed by atoms with Crippen LogP contribution in [0.5, 0.6) is 5.75 Å². The highest BCUT2D eigenvalue weighted by molar-refractivity contribution is 9.11. The molecule has 37 heavy (non-hydrogen) atoms. The van der Waals surface area contributed by atoms with Crippen LogP contribution in [0.3, 0.4) is 0 Å². The molecule has 0 spiro atoms. The Balaban J connectivity index is 1.30. The van der Waals surface area contributed by atoms with E-state index in [4.69, 9.17) is 19.2 Å². The maximum Gasteiger partial charge on any atom is 0.250 e. The number of hydrogen-bond donors (Lipinski definition) is 1. The molecule has 10 nitrogen and oxygen atoms in total. The number of hydrazone groups is 1. The highest BCUT2D eigenvalue weighted by Gasteiger charge is 2.20. The summed E-state index contributed by atoms with van der Waals surface area (Å²) in [4.78, 5) is 18.2. The molecule has 2 aromatic carbocycles. The van der Waals surface area contributed by atoms with Crippen LogP contribution in [0.15, 0.2) is 56.5 Å². The Morgan fingerprint density at radius 1 is 0.865 bits per heavy atom. The molecule has 0 saturated carbocycles. The SMILES string of the molecule is Brc1cc(/C=N/Nc2nc(N3CCOCC3)nc(N3CCOCC3)n2)cc(Br)c1OCc1ccccc1. The summed E-state index contributed by atoms with van der Waals surface area (Å²) in [5, 5.41) is 4.39. The summed E-state index contributed by atoms with van der Waals surface area (Å²) in [6.07, 6.45) is 1.71. The van der Waals surface area contributed by atoms with E-state index in [0.29, 0.717) is 50.9 Å². The van der Waals surface area contributed by atoms with Gasteiger partial charge in [-0.2, -0.15) is 20.1 Å². The van der Waals surface area contributed by atoms with E-state index in [-0.39, 0.29) is 0 Å². The van der Waals surface area contributed by atoms with Crippen molar-refractivity contribution in [2.24, 2.45) is 5.10 Å². The van der Waals surface area contributed by atoms with Crippen LogP contribution in [0, 0.1) is 0 Å². The van der Waals surface area contributed by atoms with Gasteiger partial charge in [-0.15, -0.1) is 0 Å². The van der Waals surface area contributed by atoms with E-state index in [1.807, 2.05) is 42.5 Å². The summed E-state index contributed by atoms with van der Waals surface area (Å²) in [7, 11) is 0. The van der Waals surface area contributed by atoms with Crippen molar-refractivity contribution in [2.75, 3.05) is 67.8 Å². The van der Waals surface area contributed by atoms with Crippen LogP contribution in [0.2, 0.25) is 0 Å². The Morgan fingerprint density at radius 2 is 1.43 bits per heavy atom. The number of anilines is 3. The molecule has 0 radical (unpaired) electrons. The molecule has 2 fully saturated rings. The Bertz CT molecular complexity index is 1160. The molecule has 0 bridgehead atoms. The molecule has 3 aromatic rings. The first-order valence-electron chi connectivity index (χ1n) is 12.0. The lowest BCUT2D eigenvalue weighted by atomic mass is 10.2. The summed E-state index contributed by atoms with van der Waals surface area (Å²) in [5.74, 6) is 2.35. The number of ether oxygens (including phenoxy) is 3. The van der Waals surface area contributed by atoms with Crippen molar-refractivity contribution in [3.05, 3.63) is 62.5 Å². The second kappa shape index (κ2) is 12.6. The van der Waals surface area contributed by atoms with Gasteiger partial charge in [-0.1, -0.05) is 30.3 Å². The van der Waals surface area contributed by atoms with E-state index in [1.165, 1.54) is 0 Å². The fourth-order valence-corrected chi connectivity index (χ4v) is 5.35. The van der Waals surface area contributed by atoms with Gasteiger partial charge in [0.2, 0.25) is 17.8 Å². The quantitative estimate of drug-likeness (QED) is 0.291. The number of morpholine rings is 2. The third-order valence-electron chi connectivity index (χ3n) is 5.82. The average Bonchev–Trinajstić information content (AvgIpc) is 2.94. The van der Waals surface area contributed by atoms with Crippen LogP contribution < -0.4 is 20.0 Å². The number of nitrogens with zero attached hydrogens (tertiary/aromatic N) is 6. The highest BCUT2D eigenvalue weighted by atomic mass is 79.9. The molecule has 3 heterocycles. The number of rotatable bonds is 8. The van der Waals surface area contributed by atoms with Crippen molar-refractivity contribution >= 4 is 55.9 Å². The van der Waals surface area contributed by atoms with Crippen LogP contribution in [0.4, 0.5) is 17.8 Å². The lowest BCUT2D eigenvalue weighted by Gasteiger charge is -2.30. The lowest BCUT2D eigenvalue weighted by Crippen LogP contribution is -2.40. The minimum atomic E-state index is 0.384. The summed E-state index contributed by atoms with van der Waals surface area (Å²) >= 11 is 7.23. The number of hydrogen-bond acceptors (Lipinski definition) is 10. The summed E-state index contributed by atoms with van der Waals surface area (Å²) in [5.41, 5.74) is 4.95. The maximum atomic E-state index is 6.02. The fourth-order valence-electron chi connectivity index (χ4n) is 3.90. The van der Waals surface area contributed by atoms with E-state index in [0.717, 1.165) is 52.0 Å². The first kappa shape index (κ1) is 25.8. The normalized spacial score (nSPS) is 16.3. The van der Waals surface area contributed by atoms with Gasteiger partial charge in [0.15, 0.2) is 0 Å². The van der Waals surface area contributed by atoms with Crippen molar-refractivity contribution in [1.82, 2.24) is 15.0 Å². The molecule has 0 unspecified atom stereocenters. The van der Waals surface area contributed by atoms with E-state index in [9.17, 15) is 0 Å². The Morgan fingerprint density at radius 3 is 2.00 bits per heavy atom. The molecule has 2 aliphatic rings. The van der Waals surface area contributed by atoms with Gasteiger partial charge in [0.05, 0.1) is 41.6 Å². The molecular weight excluding hydrogens is 606 g/mol. The monoisotopic (exact) mass is 631 g/mol. The predicted octanol–water partition coefficient (Wildman–Crippen LogP) is 4.09. The van der Waals surface area contributed by atoms with Gasteiger partial charge in [0.25, 0.3) is 0 Å². The Labute approximate surface area is 232 Å². The van der Waals surface area contributed by atoms with Gasteiger partial charge < -0.3 is 24.0 Å². The number of nitrogens with one attached hydrogen (secondary N) is 1. The van der Waals surface area contributed by atoms with Crippen LogP contribution in [0.25, 0.3) is 0 Å². The molecule has 12 heteroatoms. The molecule has 194 valence electrons. The first-order chi connectivity index (χ1) is 18.2. The minimum Gasteiger partial charge on any atom is -0.487 e. The molecule has 0 amide bonds. The van der Waals surface area contributed by atoms with E-state index in [1.54, 1.807) is 6.21 Å². The molecular formula is C25H27Br2N7O3. The zero-order valence-electron chi connectivity index (χ0n) is 20.1. The molecule has 5 rings (SSSR count). The summed E-state index contributed by atoms with van der Waals surface area (Å²) in [6.45, 7) is 5.99. The van der Waals surface area contributed by atoms with E-state index < -0.39 is 0 Å². The van der Waals surface area contributed by atoms with Gasteiger partial charge in [0, 0.05) is 26.2 Å². The van der Waals surface area contributed by atoms with Gasteiger partial charge in [0.1, 0.15) is 12.4 Å². The largest absolute Gasteiger partial charge is 0.487 e. The molecule has 1 N–H and O–H groups in total. The van der Waals surface area contributed by atoms with Crippen molar-refractivity contribution in [1.29, 1.82) is 0 Å². The number of benzene rings is 2. The zero-order chi connectivity index (χ0) is 25.5. The second-order valence-electron chi connectivity index (χ2n) is 8.42. The summed E-state index contributed by atoms with van der Waals surface area (Å²) in [6, 6.07) is 13.9. The molecule has 2 saturated heterocycles. The zero-order valence-corrected chi connectivity index (χ0v) is 23.3. The Kier molecular flexibility index (Phi) is 8.82. The van der Waals surface area contributed by atoms with Crippen LogP contribution in [-0.4, -0.2) is 73.8 Å². The minimum absolute atomic E-state index is 0.384. The van der Waals surface area contributed by atoms with Crippen LogP contribution in [-0.2, 0) is 16.1 Å². The predicted molar refractivity (Wildman–Crippen MR) is 150 cm³/mol. The molecule has 0 aliphatic carbocycles. The molecule has 1 aromatic heterocycles. The third-order valence-corrected chi connectivity index (χ3v) is 7.00. The first-order valence-corrected chi connectivity index (χ1v) is 13.6. The van der Waals surface area contributed by atoms with Crippen LogP contribution in [0.1, 0.15) is 11.1 Å². The standard InChI is InChI=1S/C25H27Br2N7O3/c26-20-14-19(15-21(27)22(20)37-17-18-4-2-1-3-5-18)16-28-32-23-29-24(33-6-10-35-11-7-33)31-25(30-23)34-8-12-36-13-9-34/h1-5,14-16H,6-13,17H2,(H,29,30,31,32)/b28-16+. The Hall–Kier alpha value is -2.80. The second-order valence-corrected chi connectivity index (χ2v) is 10.1. The number of halogens is 2. The maximum absolute atomic E-state index is 6.02. The topological polar surface area (TPSA) is 97.2 Å². The van der Waals surface area contributed by atoms with E-state index >= 15 is 0 Å². The average molecular weight is 633 g/mol. The smallest absolute Gasteiger partial charge is 0.250 e. The highest BCUT2D eigenvalue weighted by Crippen LogP contribution is 2.35. The van der Waals surface area contributed by atoms with Crippen molar-refractivity contribution in [3.63, 3.8) is 0 Å². The van der Waals surface area contributed by atoms with Crippen molar-refractivity contribution < 1.29 is 14.2 Å². The molecule has 2 aliphatic heterocycles. The van der Waals surface area contributed by atoms with Crippen LogP contribution >= 0.6 is 31.9 Å². The van der Waals surface area contributed by atoms with Crippen molar-refractivity contribution in [3.8, 4) is 5.75 Å². The lowest BCUT2D eigenvalue weighted by molar-refractivity contribution is 0.121. The third kappa shape index (κ3) is 6.95. The van der Waals surface area contributed by atoms with Gasteiger partial charge in [-0.25, -0.2) is 5.43 Å².